The Hall–Kier alpha value is -2.22. The molecule has 3 atom stereocenters. The number of nitrogens with zero attached hydrogens (tertiary/aromatic N) is 2. The summed E-state index contributed by atoms with van der Waals surface area (Å²) in [4.78, 5) is 5.70. The van der Waals surface area contributed by atoms with Crippen molar-refractivity contribution in [2.24, 2.45) is 5.41 Å². The molecule has 0 aromatic heterocycles. The van der Waals surface area contributed by atoms with Crippen LogP contribution < -0.4 is 9.80 Å². The summed E-state index contributed by atoms with van der Waals surface area (Å²) in [6.07, 6.45) is 17.5. The van der Waals surface area contributed by atoms with Crippen molar-refractivity contribution in [3.05, 3.63) is 64.7 Å². The minimum atomic E-state index is -0.199. The van der Waals surface area contributed by atoms with Gasteiger partial charge in [-0.2, -0.15) is 0 Å². The van der Waals surface area contributed by atoms with E-state index in [1.54, 1.807) is 27.8 Å². The maximum atomic E-state index is 4.76. The molecule has 2 aromatic carbocycles. The first-order valence-corrected chi connectivity index (χ1v) is 18.3. The molecule has 2 nitrogen and oxygen atoms in total. The number of anilines is 3. The second-order valence-corrected chi connectivity index (χ2v) is 17.7. The van der Waals surface area contributed by atoms with Crippen LogP contribution in [-0.4, -0.2) is 12.7 Å². The molecule has 3 unspecified atom stereocenters. The van der Waals surface area contributed by atoms with E-state index >= 15 is 0 Å². The number of benzene rings is 2. The van der Waals surface area contributed by atoms with E-state index in [-0.39, 0.29) is 16.5 Å². The lowest BCUT2D eigenvalue weighted by Gasteiger charge is -2.67. The van der Waals surface area contributed by atoms with Crippen molar-refractivity contribution >= 4 is 17.1 Å². The third-order valence-corrected chi connectivity index (χ3v) is 16.0. The number of hydrogen-bond donors (Lipinski definition) is 0. The highest BCUT2D eigenvalue weighted by Gasteiger charge is 2.69. The summed E-state index contributed by atoms with van der Waals surface area (Å²) in [6, 6.07) is 10.9. The molecule has 2 heteroatoms. The Labute approximate surface area is 268 Å². The average molecular weight is 591 g/mol. The van der Waals surface area contributed by atoms with Gasteiger partial charge in [-0.05, 0) is 138 Å². The van der Waals surface area contributed by atoms with Crippen molar-refractivity contribution in [1.82, 2.24) is 0 Å². The first kappa shape index (κ1) is 29.2. The Morgan fingerprint density at radius 1 is 0.614 bits per heavy atom. The van der Waals surface area contributed by atoms with Crippen LogP contribution in [0, 0.1) is 5.41 Å². The largest absolute Gasteiger partial charge is 0.349 e. The van der Waals surface area contributed by atoms with E-state index in [1.165, 1.54) is 68.4 Å². The molecule has 2 aliphatic heterocycles. The minimum Gasteiger partial charge on any atom is -0.349 e. The normalized spacial score (nSPS) is 42.5. The van der Waals surface area contributed by atoms with E-state index < -0.39 is 0 Å². The highest BCUT2D eigenvalue weighted by molar-refractivity contribution is 5.91. The molecule has 10 rings (SSSR count). The van der Waals surface area contributed by atoms with Crippen molar-refractivity contribution in [1.29, 1.82) is 0 Å². The summed E-state index contributed by atoms with van der Waals surface area (Å²) in [6.45, 7) is 25.0. The standard InChI is InChI=1S/C42H58N2/c1-11-15-42-41(13-3,14-4)40(9,12-2)32-24-28-29(37(6)18-16-36(28,5)17-19-37)25-33(32)44(42)35-27-31-30(26-34(35)43(42)10)38(7)20-22-39(31,8)23-21-38/h13,24-27H,3,11-12,14-23H2,1-2,4-10H3. The molecule has 0 radical (unpaired) electrons. The maximum absolute atomic E-state index is 4.76. The van der Waals surface area contributed by atoms with E-state index in [4.69, 9.17) is 6.58 Å². The van der Waals surface area contributed by atoms with Gasteiger partial charge in [-0.3, -0.25) is 0 Å². The van der Waals surface area contributed by atoms with Gasteiger partial charge in [-0.15, -0.1) is 6.58 Å². The van der Waals surface area contributed by atoms with Crippen LogP contribution in [0.3, 0.4) is 0 Å². The molecular formula is C42H58N2. The van der Waals surface area contributed by atoms with Gasteiger partial charge < -0.3 is 9.80 Å². The zero-order valence-corrected chi connectivity index (χ0v) is 29.5. The molecule has 4 bridgehead atoms. The van der Waals surface area contributed by atoms with Crippen LogP contribution in [0.4, 0.5) is 17.1 Å². The lowest BCUT2D eigenvalue weighted by molar-refractivity contribution is 0.0513. The second kappa shape index (κ2) is 8.57. The summed E-state index contributed by atoms with van der Waals surface area (Å²) in [5.41, 5.74) is 13.5. The topological polar surface area (TPSA) is 6.48 Å². The predicted octanol–water partition coefficient (Wildman–Crippen LogP) is 11.2. The fraction of sp³-hybridized carbons (Fsp3) is 0.667. The highest BCUT2D eigenvalue weighted by Crippen LogP contribution is 2.72. The first-order valence-electron chi connectivity index (χ1n) is 18.3. The fourth-order valence-electron chi connectivity index (χ4n) is 12.6. The van der Waals surface area contributed by atoms with Gasteiger partial charge in [0.15, 0.2) is 0 Å². The SMILES string of the molecule is C=CC1(CC)C(C)(CC)c2cc3c(cc2N2c4cc5c(cc4N(C)C21CCC)C1(C)CCC5(C)CC1)C1(C)CCC3(C)CC1. The molecule has 0 amide bonds. The van der Waals surface area contributed by atoms with Gasteiger partial charge in [0.1, 0.15) is 5.66 Å². The zero-order valence-electron chi connectivity index (χ0n) is 29.5. The Morgan fingerprint density at radius 3 is 1.45 bits per heavy atom. The molecule has 6 aliphatic carbocycles. The molecule has 2 heterocycles. The lowest BCUT2D eigenvalue weighted by atomic mass is 9.47. The number of rotatable bonds is 5. The van der Waals surface area contributed by atoms with E-state index in [0.29, 0.717) is 21.7 Å². The molecule has 0 spiro atoms. The molecule has 2 aromatic rings. The van der Waals surface area contributed by atoms with Crippen molar-refractivity contribution in [3.63, 3.8) is 0 Å². The molecular weight excluding hydrogens is 532 g/mol. The van der Waals surface area contributed by atoms with Crippen LogP contribution in [0.15, 0.2) is 36.9 Å². The van der Waals surface area contributed by atoms with E-state index in [2.05, 4.69) is 103 Å². The number of hydrogen-bond acceptors (Lipinski definition) is 2. The molecule has 2 saturated carbocycles. The van der Waals surface area contributed by atoms with E-state index in [1.807, 2.05) is 0 Å². The first-order chi connectivity index (χ1) is 20.8. The fourth-order valence-corrected chi connectivity index (χ4v) is 12.6. The summed E-state index contributed by atoms with van der Waals surface area (Å²) in [7, 11) is 2.45. The second-order valence-electron chi connectivity index (χ2n) is 17.7. The smallest absolute Gasteiger partial charge is 0.127 e. The average Bonchev–Trinajstić information content (AvgIpc) is 3.27. The van der Waals surface area contributed by atoms with Gasteiger partial charge in [0.25, 0.3) is 0 Å². The van der Waals surface area contributed by atoms with Gasteiger partial charge in [0, 0.05) is 23.6 Å². The summed E-state index contributed by atoms with van der Waals surface area (Å²) < 4.78 is 0. The molecule has 8 aliphatic rings. The lowest BCUT2D eigenvalue weighted by Crippen LogP contribution is -2.72. The summed E-state index contributed by atoms with van der Waals surface area (Å²) >= 11 is 0. The summed E-state index contributed by atoms with van der Waals surface area (Å²) in [5, 5.41) is 0. The van der Waals surface area contributed by atoms with E-state index in [0.717, 1.165) is 25.7 Å². The molecule has 236 valence electrons. The quantitative estimate of drug-likeness (QED) is 0.320. The van der Waals surface area contributed by atoms with Crippen molar-refractivity contribution < 1.29 is 0 Å². The zero-order chi connectivity index (χ0) is 31.3. The van der Waals surface area contributed by atoms with Crippen LogP contribution in [0.2, 0.25) is 0 Å². The van der Waals surface area contributed by atoms with Crippen LogP contribution in [0.1, 0.15) is 160 Å². The third-order valence-electron chi connectivity index (χ3n) is 16.0. The predicted molar refractivity (Wildman–Crippen MR) is 188 cm³/mol. The summed E-state index contributed by atoms with van der Waals surface area (Å²) in [5.74, 6) is 0. The van der Waals surface area contributed by atoms with Gasteiger partial charge in [-0.25, -0.2) is 0 Å². The van der Waals surface area contributed by atoms with Crippen molar-refractivity contribution in [2.75, 3.05) is 16.8 Å². The van der Waals surface area contributed by atoms with Crippen molar-refractivity contribution in [2.45, 2.75) is 165 Å². The van der Waals surface area contributed by atoms with E-state index in [9.17, 15) is 0 Å². The highest BCUT2D eigenvalue weighted by atomic mass is 15.5. The molecule has 0 N–H and O–H groups in total. The third kappa shape index (κ3) is 2.93. The van der Waals surface area contributed by atoms with Gasteiger partial charge in [0.2, 0.25) is 0 Å². The molecule has 44 heavy (non-hydrogen) atoms. The Balaban J connectivity index is 1.51. The monoisotopic (exact) mass is 590 g/mol. The number of fused-ring (bicyclic) bond motifs is 9. The van der Waals surface area contributed by atoms with Gasteiger partial charge in [0.05, 0.1) is 11.4 Å². The van der Waals surface area contributed by atoms with Crippen LogP contribution in [0.5, 0.6) is 0 Å². The minimum absolute atomic E-state index is 0.0274. The van der Waals surface area contributed by atoms with Crippen LogP contribution >= 0.6 is 0 Å². The Morgan fingerprint density at radius 2 is 1.05 bits per heavy atom. The van der Waals surface area contributed by atoms with Crippen LogP contribution in [0.25, 0.3) is 0 Å². The Kier molecular flexibility index (Phi) is 5.69. The van der Waals surface area contributed by atoms with Gasteiger partial charge in [-0.1, -0.05) is 74.0 Å². The molecule has 0 saturated heterocycles. The van der Waals surface area contributed by atoms with Crippen molar-refractivity contribution in [3.8, 4) is 0 Å². The van der Waals surface area contributed by atoms with Gasteiger partial charge >= 0.3 is 0 Å². The van der Waals surface area contributed by atoms with Crippen LogP contribution in [-0.2, 0) is 27.1 Å². The Bertz CT molecular complexity index is 1580. The molecule has 2 fully saturated rings. The maximum Gasteiger partial charge on any atom is 0.127 e.